The van der Waals surface area contributed by atoms with E-state index in [-0.39, 0.29) is 11.8 Å². The number of anilines is 2. The Balaban J connectivity index is 1.87. The van der Waals surface area contributed by atoms with Crippen LogP contribution in [0.3, 0.4) is 0 Å². The number of hydrogen-bond acceptors (Lipinski definition) is 3. The minimum absolute atomic E-state index is 0.147. The molecule has 0 saturated carbocycles. The first-order valence-electron chi connectivity index (χ1n) is 8.28. The highest BCUT2D eigenvalue weighted by Crippen LogP contribution is 2.30. The molecule has 0 aliphatic carbocycles. The molecular formula is C21H20N2O2S. The van der Waals surface area contributed by atoms with Crippen molar-refractivity contribution in [3.05, 3.63) is 69.9 Å². The average molecular weight is 364 g/mol. The highest BCUT2D eigenvalue weighted by atomic mass is 32.1. The van der Waals surface area contributed by atoms with Gasteiger partial charge < -0.3 is 10.6 Å². The van der Waals surface area contributed by atoms with Gasteiger partial charge in [-0.3, -0.25) is 9.59 Å². The highest BCUT2D eigenvalue weighted by molar-refractivity contribution is 7.12. The largest absolute Gasteiger partial charge is 0.326 e. The molecule has 0 aliphatic rings. The molecule has 0 fully saturated rings. The molecule has 132 valence electrons. The SMILES string of the molecule is CC(=O)Nc1ccc(C)c(NC(=O)c2sccc2-c2ccc(C)cc2)c1. The molecule has 0 bridgehead atoms. The Bertz CT molecular complexity index is 958. The topological polar surface area (TPSA) is 58.2 Å². The van der Waals surface area contributed by atoms with Gasteiger partial charge in [0, 0.05) is 23.9 Å². The average Bonchev–Trinajstić information content (AvgIpc) is 3.08. The highest BCUT2D eigenvalue weighted by Gasteiger charge is 2.16. The van der Waals surface area contributed by atoms with Crippen molar-refractivity contribution >= 4 is 34.5 Å². The van der Waals surface area contributed by atoms with Crippen LogP contribution >= 0.6 is 11.3 Å². The molecule has 4 nitrogen and oxygen atoms in total. The van der Waals surface area contributed by atoms with Crippen molar-refractivity contribution in [2.24, 2.45) is 0 Å². The van der Waals surface area contributed by atoms with Crippen LogP contribution in [0, 0.1) is 13.8 Å². The smallest absolute Gasteiger partial charge is 0.266 e. The third-order valence-electron chi connectivity index (χ3n) is 4.04. The summed E-state index contributed by atoms with van der Waals surface area (Å²) in [5, 5.41) is 7.62. The third-order valence-corrected chi connectivity index (χ3v) is 4.95. The third kappa shape index (κ3) is 4.00. The standard InChI is InChI=1S/C21H20N2O2S/c1-13-4-7-16(8-5-13)18-10-11-26-20(18)21(25)23-19-12-17(22-15(3)24)9-6-14(19)2/h4-12H,1-3H3,(H,22,24)(H,23,25). The zero-order chi connectivity index (χ0) is 18.7. The number of nitrogens with one attached hydrogen (secondary N) is 2. The van der Waals surface area contributed by atoms with Crippen molar-refractivity contribution in [2.45, 2.75) is 20.8 Å². The van der Waals surface area contributed by atoms with Gasteiger partial charge in [0.1, 0.15) is 0 Å². The lowest BCUT2D eigenvalue weighted by atomic mass is 10.0. The van der Waals surface area contributed by atoms with Crippen LogP contribution in [0.2, 0.25) is 0 Å². The quantitative estimate of drug-likeness (QED) is 0.665. The van der Waals surface area contributed by atoms with Crippen LogP contribution in [0.1, 0.15) is 27.7 Å². The molecule has 0 aliphatic heterocycles. The van der Waals surface area contributed by atoms with Crippen molar-refractivity contribution in [2.75, 3.05) is 10.6 Å². The summed E-state index contributed by atoms with van der Waals surface area (Å²) in [6, 6.07) is 15.5. The van der Waals surface area contributed by atoms with E-state index in [1.807, 2.05) is 61.7 Å². The van der Waals surface area contributed by atoms with E-state index in [2.05, 4.69) is 10.6 Å². The Labute approximate surface area is 156 Å². The van der Waals surface area contributed by atoms with E-state index in [0.717, 1.165) is 16.7 Å². The van der Waals surface area contributed by atoms with Crippen LogP contribution in [-0.2, 0) is 4.79 Å². The van der Waals surface area contributed by atoms with E-state index in [4.69, 9.17) is 0 Å². The first-order valence-corrected chi connectivity index (χ1v) is 9.16. The Hall–Kier alpha value is -2.92. The molecule has 0 radical (unpaired) electrons. The van der Waals surface area contributed by atoms with E-state index in [0.29, 0.717) is 16.3 Å². The maximum atomic E-state index is 12.8. The second kappa shape index (κ2) is 7.54. The van der Waals surface area contributed by atoms with Gasteiger partial charge in [-0.05, 0) is 48.6 Å². The van der Waals surface area contributed by atoms with Crippen molar-refractivity contribution in [1.82, 2.24) is 0 Å². The van der Waals surface area contributed by atoms with Gasteiger partial charge in [0.05, 0.1) is 4.88 Å². The van der Waals surface area contributed by atoms with E-state index in [9.17, 15) is 9.59 Å². The molecule has 2 aromatic carbocycles. The summed E-state index contributed by atoms with van der Waals surface area (Å²) in [6.07, 6.45) is 0. The maximum Gasteiger partial charge on any atom is 0.266 e. The number of amides is 2. The van der Waals surface area contributed by atoms with Crippen molar-refractivity contribution in [3.8, 4) is 11.1 Å². The number of aryl methyl sites for hydroxylation is 2. The summed E-state index contributed by atoms with van der Waals surface area (Å²) < 4.78 is 0. The summed E-state index contributed by atoms with van der Waals surface area (Å²) >= 11 is 1.41. The van der Waals surface area contributed by atoms with Gasteiger partial charge in [-0.25, -0.2) is 0 Å². The molecule has 2 amide bonds. The van der Waals surface area contributed by atoms with Crippen LogP contribution in [0.15, 0.2) is 53.9 Å². The number of rotatable bonds is 4. The number of benzene rings is 2. The number of carbonyl (C=O) groups excluding carboxylic acids is 2. The Morgan fingerprint density at radius 2 is 1.65 bits per heavy atom. The number of hydrogen-bond donors (Lipinski definition) is 2. The van der Waals surface area contributed by atoms with E-state index in [1.165, 1.54) is 23.8 Å². The molecular weight excluding hydrogens is 344 g/mol. The van der Waals surface area contributed by atoms with Crippen LogP contribution in [0.4, 0.5) is 11.4 Å². The van der Waals surface area contributed by atoms with Crippen molar-refractivity contribution < 1.29 is 9.59 Å². The Morgan fingerprint density at radius 3 is 2.35 bits per heavy atom. The summed E-state index contributed by atoms with van der Waals surface area (Å²) in [5.41, 5.74) is 5.39. The normalized spacial score (nSPS) is 10.4. The van der Waals surface area contributed by atoms with Crippen LogP contribution in [-0.4, -0.2) is 11.8 Å². The lowest BCUT2D eigenvalue weighted by molar-refractivity contribution is -0.114. The van der Waals surface area contributed by atoms with Crippen LogP contribution < -0.4 is 10.6 Å². The molecule has 5 heteroatoms. The van der Waals surface area contributed by atoms with Crippen LogP contribution in [0.5, 0.6) is 0 Å². The minimum atomic E-state index is -0.154. The fraction of sp³-hybridized carbons (Fsp3) is 0.143. The molecule has 0 unspecified atom stereocenters. The van der Waals surface area contributed by atoms with Gasteiger partial charge in [-0.15, -0.1) is 11.3 Å². The first-order chi connectivity index (χ1) is 12.4. The lowest BCUT2D eigenvalue weighted by Gasteiger charge is -2.11. The monoisotopic (exact) mass is 364 g/mol. The summed E-state index contributed by atoms with van der Waals surface area (Å²) in [4.78, 5) is 24.7. The van der Waals surface area contributed by atoms with E-state index in [1.54, 1.807) is 6.07 Å². The van der Waals surface area contributed by atoms with Crippen LogP contribution in [0.25, 0.3) is 11.1 Å². The number of thiophene rings is 1. The Kier molecular flexibility index (Phi) is 5.19. The zero-order valence-electron chi connectivity index (χ0n) is 14.9. The predicted molar refractivity (Wildman–Crippen MR) is 108 cm³/mol. The second-order valence-corrected chi connectivity index (χ2v) is 7.11. The molecule has 1 heterocycles. The molecule has 26 heavy (non-hydrogen) atoms. The molecule has 0 saturated heterocycles. The molecule has 3 rings (SSSR count). The second-order valence-electron chi connectivity index (χ2n) is 6.19. The van der Waals surface area contributed by atoms with Gasteiger partial charge in [0.25, 0.3) is 5.91 Å². The molecule has 0 atom stereocenters. The predicted octanol–water partition coefficient (Wildman–Crippen LogP) is 5.24. The van der Waals surface area contributed by atoms with E-state index < -0.39 is 0 Å². The Morgan fingerprint density at radius 1 is 0.923 bits per heavy atom. The molecule has 3 aromatic rings. The molecule has 0 spiro atoms. The maximum absolute atomic E-state index is 12.8. The summed E-state index contributed by atoms with van der Waals surface area (Å²) in [7, 11) is 0. The van der Waals surface area contributed by atoms with Gasteiger partial charge in [0.2, 0.25) is 5.91 Å². The van der Waals surface area contributed by atoms with E-state index >= 15 is 0 Å². The van der Waals surface area contributed by atoms with Gasteiger partial charge in [-0.1, -0.05) is 35.9 Å². The van der Waals surface area contributed by atoms with Crippen molar-refractivity contribution in [3.63, 3.8) is 0 Å². The summed E-state index contributed by atoms with van der Waals surface area (Å²) in [6.45, 7) is 5.41. The van der Waals surface area contributed by atoms with Crippen molar-refractivity contribution in [1.29, 1.82) is 0 Å². The number of carbonyl (C=O) groups is 2. The minimum Gasteiger partial charge on any atom is -0.326 e. The van der Waals surface area contributed by atoms with Gasteiger partial charge in [0.15, 0.2) is 0 Å². The fourth-order valence-corrected chi connectivity index (χ4v) is 3.47. The lowest BCUT2D eigenvalue weighted by Crippen LogP contribution is -2.13. The van der Waals surface area contributed by atoms with Gasteiger partial charge in [-0.2, -0.15) is 0 Å². The molecule has 1 aromatic heterocycles. The fourth-order valence-electron chi connectivity index (χ4n) is 2.66. The first kappa shape index (κ1) is 17.9. The van der Waals surface area contributed by atoms with Gasteiger partial charge >= 0.3 is 0 Å². The summed E-state index contributed by atoms with van der Waals surface area (Å²) in [5.74, 6) is -0.301. The molecule has 2 N–H and O–H groups in total. The zero-order valence-corrected chi connectivity index (χ0v) is 15.7.